The Balaban J connectivity index is 1.87. The van der Waals surface area contributed by atoms with Crippen molar-refractivity contribution in [3.05, 3.63) is 35.4 Å². The zero-order valence-electron chi connectivity index (χ0n) is 11.1. The second-order valence-electron chi connectivity index (χ2n) is 5.24. The number of benzene rings is 1. The van der Waals surface area contributed by atoms with Crippen LogP contribution < -0.4 is 5.32 Å². The van der Waals surface area contributed by atoms with Gasteiger partial charge >= 0.3 is 0 Å². The van der Waals surface area contributed by atoms with Crippen molar-refractivity contribution in [2.24, 2.45) is 0 Å². The van der Waals surface area contributed by atoms with Gasteiger partial charge in [0.2, 0.25) is 0 Å². The van der Waals surface area contributed by atoms with Crippen molar-refractivity contribution >= 4 is 0 Å². The number of nitrogens with one attached hydrogen (secondary N) is 1. The molecular weight excluding hydrogens is 208 g/mol. The molecule has 1 N–H and O–H groups in total. The first-order valence-electron chi connectivity index (χ1n) is 6.77. The van der Waals surface area contributed by atoms with E-state index in [-0.39, 0.29) is 0 Å². The van der Waals surface area contributed by atoms with Crippen molar-refractivity contribution < 1.29 is 0 Å². The molecule has 94 valence electrons. The molecule has 1 aliphatic rings. The maximum atomic E-state index is 3.40. The highest BCUT2D eigenvalue weighted by Crippen LogP contribution is 2.16. The van der Waals surface area contributed by atoms with E-state index in [2.05, 4.69) is 48.3 Å². The Kier molecular flexibility index (Phi) is 4.57. The predicted octanol–water partition coefficient (Wildman–Crippen LogP) is 2.26. The first kappa shape index (κ1) is 12.6. The standard InChI is InChI=1S/C15H24N2/c1-13(2)15-5-3-4-14(12-15)6-9-17-10-7-16-8-11-17/h3-5,12-13,16H,6-11H2,1-2H3. The van der Waals surface area contributed by atoms with Crippen molar-refractivity contribution in [1.82, 2.24) is 10.2 Å². The lowest BCUT2D eigenvalue weighted by Gasteiger charge is -2.27. The second kappa shape index (κ2) is 6.18. The van der Waals surface area contributed by atoms with E-state index in [0.717, 1.165) is 13.1 Å². The van der Waals surface area contributed by atoms with E-state index in [1.807, 2.05) is 0 Å². The molecule has 0 radical (unpaired) electrons. The quantitative estimate of drug-likeness (QED) is 0.856. The van der Waals surface area contributed by atoms with Gasteiger partial charge in [-0.2, -0.15) is 0 Å². The molecule has 2 rings (SSSR count). The van der Waals surface area contributed by atoms with Gasteiger partial charge in [0.15, 0.2) is 0 Å². The van der Waals surface area contributed by atoms with E-state index in [1.165, 1.54) is 37.2 Å². The molecule has 0 aliphatic carbocycles. The largest absolute Gasteiger partial charge is 0.314 e. The summed E-state index contributed by atoms with van der Waals surface area (Å²) in [4.78, 5) is 2.55. The summed E-state index contributed by atoms with van der Waals surface area (Å²) in [5.41, 5.74) is 2.94. The van der Waals surface area contributed by atoms with Crippen LogP contribution >= 0.6 is 0 Å². The van der Waals surface area contributed by atoms with Crippen molar-refractivity contribution in [3.8, 4) is 0 Å². The summed E-state index contributed by atoms with van der Waals surface area (Å²) >= 11 is 0. The molecule has 0 bridgehead atoms. The minimum Gasteiger partial charge on any atom is -0.314 e. The minimum atomic E-state index is 0.633. The van der Waals surface area contributed by atoms with Crippen molar-refractivity contribution in [3.63, 3.8) is 0 Å². The number of piperazine rings is 1. The lowest BCUT2D eigenvalue weighted by Crippen LogP contribution is -2.44. The van der Waals surface area contributed by atoms with Gasteiger partial charge in [0, 0.05) is 32.7 Å². The van der Waals surface area contributed by atoms with Crippen molar-refractivity contribution in [2.75, 3.05) is 32.7 Å². The zero-order chi connectivity index (χ0) is 12.1. The fraction of sp³-hybridized carbons (Fsp3) is 0.600. The van der Waals surface area contributed by atoms with Gasteiger partial charge in [-0.3, -0.25) is 0 Å². The number of hydrogen-bond acceptors (Lipinski definition) is 2. The molecule has 0 atom stereocenters. The molecule has 0 amide bonds. The minimum absolute atomic E-state index is 0.633. The van der Waals surface area contributed by atoms with Gasteiger partial charge in [-0.05, 0) is 23.5 Å². The summed E-state index contributed by atoms with van der Waals surface area (Å²) in [6.45, 7) is 10.4. The average Bonchev–Trinajstić information content (AvgIpc) is 2.38. The van der Waals surface area contributed by atoms with Crippen LogP contribution in [0.4, 0.5) is 0 Å². The van der Waals surface area contributed by atoms with Gasteiger partial charge in [0.1, 0.15) is 0 Å². The molecule has 1 heterocycles. The van der Waals surface area contributed by atoms with E-state index in [1.54, 1.807) is 0 Å². The molecule has 2 nitrogen and oxygen atoms in total. The Morgan fingerprint density at radius 3 is 2.71 bits per heavy atom. The van der Waals surface area contributed by atoms with Crippen LogP contribution in [0.5, 0.6) is 0 Å². The molecule has 0 aromatic heterocycles. The monoisotopic (exact) mass is 232 g/mol. The predicted molar refractivity (Wildman–Crippen MR) is 73.5 cm³/mol. The van der Waals surface area contributed by atoms with Crippen LogP contribution in [-0.2, 0) is 6.42 Å². The second-order valence-corrected chi connectivity index (χ2v) is 5.24. The van der Waals surface area contributed by atoms with Crippen LogP contribution in [0.3, 0.4) is 0 Å². The fourth-order valence-electron chi connectivity index (χ4n) is 2.33. The Hall–Kier alpha value is -0.860. The third kappa shape index (κ3) is 3.83. The van der Waals surface area contributed by atoms with Crippen LogP contribution in [0.2, 0.25) is 0 Å². The first-order chi connectivity index (χ1) is 8.25. The lowest BCUT2D eigenvalue weighted by atomic mass is 10.00. The maximum absolute atomic E-state index is 3.40. The molecule has 1 aromatic carbocycles. The highest BCUT2D eigenvalue weighted by molar-refractivity contribution is 5.25. The molecule has 2 heteroatoms. The van der Waals surface area contributed by atoms with Gasteiger partial charge in [-0.25, -0.2) is 0 Å². The Morgan fingerprint density at radius 2 is 2.00 bits per heavy atom. The SMILES string of the molecule is CC(C)c1cccc(CCN2CCNCC2)c1. The number of nitrogens with zero attached hydrogens (tertiary/aromatic N) is 1. The Morgan fingerprint density at radius 1 is 1.24 bits per heavy atom. The molecular formula is C15H24N2. The average molecular weight is 232 g/mol. The van der Waals surface area contributed by atoms with Crippen LogP contribution in [0.15, 0.2) is 24.3 Å². The summed E-state index contributed by atoms with van der Waals surface area (Å²) in [5, 5.41) is 3.40. The maximum Gasteiger partial charge on any atom is 0.0108 e. The van der Waals surface area contributed by atoms with Gasteiger partial charge in [0.05, 0.1) is 0 Å². The summed E-state index contributed by atoms with van der Waals surface area (Å²) in [5.74, 6) is 0.633. The van der Waals surface area contributed by atoms with Crippen LogP contribution in [-0.4, -0.2) is 37.6 Å². The third-order valence-corrected chi connectivity index (χ3v) is 3.54. The molecule has 17 heavy (non-hydrogen) atoms. The van der Waals surface area contributed by atoms with E-state index in [9.17, 15) is 0 Å². The normalized spacial score (nSPS) is 17.6. The van der Waals surface area contributed by atoms with Gasteiger partial charge in [0.25, 0.3) is 0 Å². The summed E-state index contributed by atoms with van der Waals surface area (Å²) in [7, 11) is 0. The summed E-state index contributed by atoms with van der Waals surface area (Å²) in [6.07, 6.45) is 1.18. The topological polar surface area (TPSA) is 15.3 Å². The number of rotatable bonds is 4. The van der Waals surface area contributed by atoms with E-state index < -0.39 is 0 Å². The Labute approximate surface area is 105 Å². The van der Waals surface area contributed by atoms with Crippen molar-refractivity contribution in [2.45, 2.75) is 26.2 Å². The summed E-state index contributed by atoms with van der Waals surface area (Å²) in [6, 6.07) is 9.06. The summed E-state index contributed by atoms with van der Waals surface area (Å²) < 4.78 is 0. The molecule has 1 saturated heterocycles. The fourth-order valence-corrected chi connectivity index (χ4v) is 2.33. The first-order valence-corrected chi connectivity index (χ1v) is 6.77. The van der Waals surface area contributed by atoms with E-state index >= 15 is 0 Å². The molecule has 0 saturated carbocycles. The molecule has 1 aromatic rings. The lowest BCUT2D eigenvalue weighted by molar-refractivity contribution is 0.244. The highest BCUT2D eigenvalue weighted by atomic mass is 15.2. The van der Waals surface area contributed by atoms with Crippen LogP contribution in [0, 0.1) is 0 Å². The number of hydrogen-bond donors (Lipinski definition) is 1. The third-order valence-electron chi connectivity index (χ3n) is 3.54. The van der Waals surface area contributed by atoms with E-state index in [0.29, 0.717) is 5.92 Å². The van der Waals surface area contributed by atoms with Crippen molar-refractivity contribution in [1.29, 1.82) is 0 Å². The highest BCUT2D eigenvalue weighted by Gasteiger charge is 2.09. The van der Waals surface area contributed by atoms with Gasteiger partial charge in [-0.15, -0.1) is 0 Å². The van der Waals surface area contributed by atoms with E-state index in [4.69, 9.17) is 0 Å². The molecule has 0 unspecified atom stereocenters. The van der Waals surface area contributed by atoms with Crippen LogP contribution in [0.1, 0.15) is 30.9 Å². The van der Waals surface area contributed by atoms with Gasteiger partial charge < -0.3 is 10.2 Å². The molecule has 0 spiro atoms. The smallest absolute Gasteiger partial charge is 0.0108 e. The van der Waals surface area contributed by atoms with Crippen LogP contribution in [0.25, 0.3) is 0 Å². The zero-order valence-corrected chi connectivity index (χ0v) is 11.1. The Bertz CT molecular complexity index is 341. The molecule has 1 fully saturated rings. The van der Waals surface area contributed by atoms with Gasteiger partial charge in [-0.1, -0.05) is 38.1 Å². The molecule has 1 aliphatic heterocycles.